The minimum atomic E-state index is -0.873. The van der Waals surface area contributed by atoms with Gasteiger partial charge in [-0.25, -0.2) is 0 Å². The van der Waals surface area contributed by atoms with Crippen LogP contribution in [0.2, 0.25) is 0 Å². The molecular formula is C14H18O5. The standard InChI is InChI=1S/C14H18O5/c1-14(18-9-12(19-14)7-13(15)16)8-10-3-5-11(17-2)6-4-10/h3-6,12H,7-9H2,1-2H3,(H,15,16). The van der Waals surface area contributed by atoms with Gasteiger partial charge < -0.3 is 19.3 Å². The zero-order valence-corrected chi connectivity index (χ0v) is 11.1. The Balaban J connectivity index is 1.96. The summed E-state index contributed by atoms with van der Waals surface area (Å²) < 4.78 is 16.4. The fourth-order valence-corrected chi connectivity index (χ4v) is 2.19. The van der Waals surface area contributed by atoms with Gasteiger partial charge in [0.25, 0.3) is 0 Å². The van der Waals surface area contributed by atoms with Crippen LogP contribution in [0.15, 0.2) is 24.3 Å². The second-order valence-corrected chi connectivity index (χ2v) is 4.81. The SMILES string of the molecule is COc1ccc(CC2(C)OCC(CC(=O)O)O2)cc1. The van der Waals surface area contributed by atoms with Crippen LogP contribution in [0, 0.1) is 0 Å². The number of methoxy groups -OCH3 is 1. The molecule has 19 heavy (non-hydrogen) atoms. The first-order chi connectivity index (χ1) is 9.00. The van der Waals surface area contributed by atoms with E-state index in [1.807, 2.05) is 31.2 Å². The lowest BCUT2D eigenvalue weighted by atomic mass is 10.1. The third kappa shape index (κ3) is 3.68. The van der Waals surface area contributed by atoms with Crippen molar-refractivity contribution in [3.63, 3.8) is 0 Å². The van der Waals surface area contributed by atoms with Gasteiger partial charge in [-0.05, 0) is 24.6 Å². The van der Waals surface area contributed by atoms with Gasteiger partial charge in [-0.1, -0.05) is 12.1 Å². The third-order valence-electron chi connectivity index (χ3n) is 3.08. The van der Waals surface area contributed by atoms with Gasteiger partial charge in [0.2, 0.25) is 0 Å². The molecule has 1 aromatic carbocycles. The molecule has 1 fully saturated rings. The van der Waals surface area contributed by atoms with Gasteiger partial charge in [0.05, 0.1) is 26.2 Å². The maximum absolute atomic E-state index is 10.6. The molecule has 2 rings (SSSR count). The lowest BCUT2D eigenvalue weighted by Crippen LogP contribution is -2.30. The summed E-state index contributed by atoms with van der Waals surface area (Å²) in [5.41, 5.74) is 1.05. The topological polar surface area (TPSA) is 65.0 Å². The summed E-state index contributed by atoms with van der Waals surface area (Å²) in [6.07, 6.45) is 0.173. The Morgan fingerprint density at radius 3 is 2.74 bits per heavy atom. The third-order valence-corrected chi connectivity index (χ3v) is 3.08. The summed E-state index contributed by atoms with van der Waals surface area (Å²) in [6.45, 7) is 2.15. The number of carbonyl (C=O) groups is 1. The first-order valence-corrected chi connectivity index (χ1v) is 6.17. The van der Waals surface area contributed by atoms with E-state index in [-0.39, 0.29) is 12.5 Å². The van der Waals surface area contributed by atoms with Gasteiger partial charge >= 0.3 is 5.97 Å². The van der Waals surface area contributed by atoms with Crippen LogP contribution in [0.25, 0.3) is 0 Å². The van der Waals surface area contributed by atoms with Crippen molar-refractivity contribution in [2.45, 2.75) is 31.7 Å². The summed E-state index contributed by atoms with van der Waals surface area (Å²) in [4.78, 5) is 10.6. The Kier molecular flexibility index (Phi) is 4.07. The average molecular weight is 266 g/mol. The van der Waals surface area contributed by atoms with Crippen molar-refractivity contribution in [2.24, 2.45) is 0 Å². The van der Waals surface area contributed by atoms with E-state index in [1.165, 1.54) is 0 Å². The highest BCUT2D eigenvalue weighted by atomic mass is 16.7. The van der Waals surface area contributed by atoms with Crippen LogP contribution >= 0.6 is 0 Å². The summed E-state index contributed by atoms with van der Waals surface area (Å²) in [7, 11) is 1.62. The minimum Gasteiger partial charge on any atom is -0.497 e. The van der Waals surface area contributed by atoms with E-state index in [0.717, 1.165) is 11.3 Å². The molecule has 0 spiro atoms. The summed E-state index contributed by atoms with van der Waals surface area (Å²) in [6, 6.07) is 7.65. The van der Waals surface area contributed by atoms with Crippen molar-refractivity contribution < 1.29 is 24.1 Å². The second kappa shape index (κ2) is 5.59. The lowest BCUT2D eigenvalue weighted by molar-refractivity contribution is -0.158. The fourth-order valence-electron chi connectivity index (χ4n) is 2.19. The van der Waals surface area contributed by atoms with Gasteiger partial charge in [-0.15, -0.1) is 0 Å². The van der Waals surface area contributed by atoms with E-state index in [1.54, 1.807) is 7.11 Å². The molecule has 0 amide bonds. The maximum Gasteiger partial charge on any atom is 0.306 e. The van der Waals surface area contributed by atoms with Gasteiger partial charge in [0.1, 0.15) is 5.75 Å². The molecule has 1 saturated heterocycles. The van der Waals surface area contributed by atoms with E-state index >= 15 is 0 Å². The van der Waals surface area contributed by atoms with Gasteiger partial charge in [0, 0.05) is 6.42 Å². The second-order valence-electron chi connectivity index (χ2n) is 4.81. The van der Waals surface area contributed by atoms with Crippen LogP contribution in [-0.4, -0.2) is 36.7 Å². The smallest absolute Gasteiger partial charge is 0.306 e. The summed E-state index contributed by atoms with van der Waals surface area (Å²) in [5.74, 6) is -0.831. The van der Waals surface area contributed by atoms with Crippen molar-refractivity contribution >= 4 is 5.97 Å². The van der Waals surface area contributed by atoms with Gasteiger partial charge in [0.15, 0.2) is 5.79 Å². The van der Waals surface area contributed by atoms with Crippen molar-refractivity contribution in [3.05, 3.63) is 29.8 Å². The molecule has 0 radical (unpaired) electrons. The number of hydrogen-bond acceptors (Lipinski definition) is 4. The highest BCUT2D eigenvalue weighted by molar-refractivity contribution is 5.67. The van der Waals surface area contributed by atoms with E-state index in [9.17, 15) is 4.79 Å². The largest absolute Gasteiger partial charge is 0.497 e. The normalized spacial score (nSPS) is 26.3. The molecule has 0 aromatic heterocycles. The molecule has 1 aromatic rings. The minimum absolute atomic E-state index is 0.0296. The zero-order chi connectivity index (χ0) is 13.9. The average Bonchev–Trinajstić information content (AvgIpc) is 2.70. The molecule has 2 atom stereocenters. The number of ether oxygens (including phenoxy) is 3. The number of carboxylic acids is 1. The Morgan fingerprint density at radius 2 is 2.16 bits per heavy atom. The first kappa shape index (κ1) is 13.8. The van der Waals surface area contributed by atoms with Crippen LogP contribution in [0.3, 0.4) is 0 Å². The zero-order valence-electron chi connectivity index (χ0n) is 11.1. The van der Waals surface area contributed by atoms with Crippen LogP contribution in [0.5, 0.6) is 5.75 Å². The maximum atomic E-state index is 10.6. The van der Waals surface area contributed by atoms with E-state index in [2.05, 4.69) is 0 Å². The molecule has 0 aliphatic carbocycles. The monoisotopic (exact) mass is 266 g/mol. The lowest BCUT2D eigenvalue weighted by Gasteiger charge is -2.23. The van der Waals surface area contributed by atoms with E-state index in [0.29, 0.717) is 13.0 Å². The molecular weight excluding hydrogens is 248 g/mol. The van der Waals surface area contributed by atoms with Crippen LogP contribution < -0.4 is 4.74 Å². The molecule has 0 bridgehead atoms. The van der Waals surface area contributed by atoms with E-state index in [4.69, 9.17) is 19.3 Å². The highest BCUT2D eigenvalue weighted by Crippen LogP contribution is 2.29. The summed E-state index contributed by atoms with van der Waals surface area (Å²) >= 11 is 0. The molecule has 1 aliphatic rings. The molecule has 1 N–H and O–H groups in total. The fraction of sp³-hybridized carbons (Fsp3) is 0.500. The quantitative estimate of drug-likeness (QED) is 0.881. The Hall–Kier alpha value is -1.59. The molecule has 5 nitrogen and oxygen atoms in total. The number of hydrogen-bond donors (Lipinski definition) is 1. The van der Waals surface area contributed by atoms with Crippen LogP contribution in [-0.2, 0) is 20.7 Å². The van der Waals surface area contributed by atoms with Crippen LogP contribution in [0.1, 0.15) is 18.9 Å². The van der Waals surface area contributed by atoms with Crippen molar-refractivity contribution in [3.8, 4) is 5.75 Å². The van der Waals surface area contributed by atoms with Crippen molar-refractivity contribution in [1.29, 1.82) is 0 Å². The molecule has 1 aliphatic heterocycles. The molecule has 0 saturated carbocycles. The number of carboxylic acid groups (broad SMARTS) is 1. The Labute approximate surface area is 112 Å². The van der Waals surface area contributed by atoms with Gasteiger partial charge in [-0.2, -0.15) is 0 Å². The number of rotatable bonds is 5. The van der Waals surface area contributed by atoms with Crippen LogP contribution in [0.4, 0.5) is 0 Å². The summed E-state index contributed by atoms with van der Waals surface area (Å²) in [5, 5.41) is 8.74. The van der Waals surface area contributed by atoms with Crippen molar-refractivity contribution in [2.75, 3.05) is 13.7 Å². The van der Waals surface area contributed by atoms with Gasteiger partial charge in [-0.3, -0.25) is 4.79 Å². The Bertz CT molecular complexity index is 442. The highest BCUT2D eigenvalue weighted by Gasteiger charge is 2.38. The Morgan fingerprint density at radius 1 is 1.47 bits per heavy atom. The molecule has 5 heteroatoms. The first-order valence-electron chi connectivity index (χ1n) is 6.17. The van der Waals surface area contributed by atoms with Crippen molar-refractivity contribution in [1.82, 2.24) is 0 Å². The number of aliphatic carboxylic acids is 1. The molecule has 104 valence electrons. The predicted octanol–water partition coefficient (Wildman–Crippen LogP) is 1.84. The predicted molar refractivity (Wildman–Crippen MR) is 68.2 cm³/mol. The molecule has 1 heterocycles. The van der Waals surface area contributed by atoms with E-state index < -0.39 is 11.8 Å². The molecule has 2 unspecified atom stereocenters. The number of benzene rings is 1.